The predicted octanol–water partition coefficient (Wildman–Crippen LogP) is -1.35. The largest absolute Gasteiger partial charge is 0.382 e. The van der Waals surface area contributed by atoms with Crippen molar-refractivity contribution in [3.05, 3.63) is 18.0 Å². The van der Waals surface area contributed by atoms with Gasteiger partial charge in [-0.05, 0) is 5.22 Å². The summed E-state index contributed by atoms with van der Waals surface area (Å²) in [4.78, 5) is 10.9. The molecular formula is C7H13N9O. The molecule has 0 saturated heterocycles. The standard InChI is InChI=1S/C7H13N9O/c1-4(15(2)14-12-10)3-16-6(8)5(7(9)17)11-13-16/h1,3,8H2,2H3,(H2,9,17)(H2,10,14). The van der Waals surface area contributed by atoms with Gasteiger partial charge in [-0.2, -0.15) is 0 Å². The summed E-state index contributed by atoms with van der Waals surface area (Å²) in [6.07, 6.45) is 0. The number of likely N-dealkylation sites (N-methyl/N-ethyl adjacent to an activating group) is 1. The smallest absolute Gasteiger partial charge is 0.273 e. The van der Waals surface area contributed by atoms with E-state index in [0.717, 1.165) is 0 Å². The number of primary amides is 1. The first kappa shape index (κ1) is 12.4. The second kappa shape index (κ2) is 4.92. The van der Waals surface area contributed by atoms with E-state index in [9.17, 15) is 4.79 Å². The van der Waals surface area contributed by atoms with Crippen LogP contribution >= 0.6 is 0 Å². The van der Waals surface area contributed by atoms with Gasteiger partial charge in [0.25, 0.3) is 5.91 Å². The Kier molecular flexibility index (Phi) is 3.59. The van der Waals surface area contributed by atoms with Gasteiger partial charge in [0.2, 0.25) is 0 Å². The van der Waals surface area contributed by atoms with E-state index in [2.05, 4.69) is 27.3 Å². The molecule has 1 aromatic rings. The highest BCUT2D eigenvalue weighted by molar-refractivity contribution is 5.94. The second-order valence-electron chi connectivity index (χ2n) is 3.14. The van der Waals surface area contributed by atoms with E-state index in [1.165, 1.54) is 9.69 Å². The van der Waals surface area contributed by atoms with E-state index in [-0.39, 0.29) is 18.1 Å². The van der Waals surface area contributed by atoms with Crippen LogP contribution in [0.3, 0.4) is 0 Å². The Morgan fingerprint density at radius 1 is 1.65 bits per heavy atom. The molecule has 1 amide bonds. The number of nitrogens with zero attached hydrogens (tertiary/aromatic N) is 6. The Hall–Kier alpha value is -2.65. The van der Waals surface area contributed by atoms with Crippen LogP contribution in [0, 0.1) is 0 Å². The maximum atomic E-state index is 10.9. The van der Waals surface area contributed by atoms with Crippen LogP contribution in [0.25, 0.3) is 0 Å². The summed E-state index contributed by atoms with van der Waals surface area (Å²) < 4.78 is 1.27. The Morgan fingerprint density at radius 3 is 2.76 bits per heavy atom. The maximum Gasteiger partial charge on any atom is 0.273 e. The molecule has 0 unspecified atom stereocenters. The first-order chi connectivity index (χ1) is 7.97. The van der Waals surface area contributed by atoms with E-state index in [0.29, 0.717) is 5.70 Å². The summed E-state index contributed by atoms with van der Waals surface area (Å²) in [5.41, 5.74) is 11.1. The molecule has 92 valence electrons. The lowest BCUT2D eigenvalue weighted by Crippen LogP contribution is -2.18. The average Bonchev–Trinajstić information content (AvgIpc) is 2.61. The zero-order valence-corrected chi connectivity index (χ0v) is 9.24. The van der Waals surface area contributed by atoms with Crippen LogP contribution in [0.15, 0.2) is 22.7 Å². The molecule has 1 aromatic heterocycles. The molecule has 0 aromatic carbocycles. The quantitative estimate of drug-likeness (QED) is 0.327. The van der Waals surface area contributed by atoms with Crippen molar-refractivity contribution in [1.29, 1.82) is 0 Å². The van der Waals surface area contributed by atoms with Gasteiger partial charge in [-0.25, -0.2) is 4.68 Å². The zero-order valence-electron chi connectivity index (χ0n) is 9.24. The van der Waals surface area contributed by atoms with Crippen LogP contribution in [0.2, 0.25) is 0 Å². The first-order valence-corrected chi connectivity index (χ1v) is 4.48. The fourth-order valence-corrected chi connectivity index (χ4v) is 1.03. The van der Waals surface area contributed by atoms with Crippen LogP contribution < -0.4 is 17.3 Å². The van der Waals surface area contributed by atoms with E-state index in [1.54, 1.807) is 7.05 Å². The Morgan fingerprint density at radius 2 is 2.29 bits per heavy atom. The van der Waals surface area contributed by atoms with E-state index in [4.69, 9.17) is 17.3 Å². The highest BCUT2D eigenvalue weighted by atomic mass is 16.1. The van der Waals surface area contributed by atoms with Crippen LogP contribution in [-0.4, -0.2) is 33.0 Å². The Labute approximate surface area is 96.7 Å². The molecule has 6 N–H and O–H groups in total. The van der Waals surface area contributed by atoms with Crippen molar-refractivity contribution < 1.29 is 4.79 Å². The Bertz CT molecular complexity index is 462. The predicted molar refractivity (Wildman–Crippen MR) is 58.9 cm³/mol. The van der Waals surface area contributed by atoms with Gasteiger partial charge in [0, 0.05) is 7.05 Å². The van der Waals surface area contributed by atoms with Crippen LogP contribution in [0.4, 0.5) is 5.82 Å². The molecule has 0 aliphatic carbocycles. The normalized spacial score (nSPS) is 10.6. The van der Waals surface area contributed by atoms with E-state index < -0.39 is 5.91 Å². The van der Waals surface area contributed by atoms with Gasteiger partial charge in [-0.3, -0.25) is 9.80 Å². The third-order valence-corrected chi connectivity index (χ3v) is 1.98. The maximum absolute atomic E-state index is 10.9. The molecule has 17 heavy (non-hydrogen) atoms. The lowest BCUT2D eigenvalue weighted by atomic mass is 10.4. The van der Waals surface area contributed by atoms with Crippen LogP contribution in [0.1, 0.15) is 10.5 Å². The third kappa shape index (κ3) is 2.68. The molecule has 0 spiro atoms. The molecule has 0 radical (unpaired) electrons. The van der Waals surface area contributed by atoms with Crippen molar-refractivity contribution in [1.82, 2.24) is 20.0 Å². The molecule has 0 fully saturated rings. The molecule has 0 atom stereocenters. The van der Waals surface area contributed by atoms with Gasteiger partial charge in [-0.1, -0.05) is 17.0 Å². The number of amides is 1. The minimum Gasteiger partial charge on any atom is -0.382 e. The zero-order chi connectivity index (χ0) is 13.0. The number of nitrogens with two attached hydrogens (primary N) is 3. The van der Waals surface area contributed by atoms with Gasteiger partial charge in [0.1, 0.15) is 0 Å². The van der Waals surface area contributed by atoms with Crippen molar-refractivity contribution in [2.24, 2.45) is 22.0 Å². The van der Waals surface area contributed by atoms with Crippen LogP contribution in [0.5, 0.6) is 0 Å². The molecule has 1 heterocycles. The van der Waals surface area contributed by atoms with Crippen molar-refractivity contribution in [2.75, 3.05) is 12.8 Å². The van der Waals surface area contributed by atoms with Crippen molar-refractivity contribution >= 4 is 11.7 Å². The molecular weight excluding hydrogens is 226 g/mol. The minimum absolute atomic E-state index is 0.0664. The SMILES string of the molecule is C=C(Cn1nnc(C(N)=O)c1N)N(C)/N=N\N. The number of nitrogen functional groups attached to an aromatic ring is 1. The molecule has 10 nitrogen and oxygen atoms in total. The number of rotatable bonds is 5. The molecule has 0 aliphatic heterocycles. The highest BCUT2D eigenvalue weighted by Gasteiger charge is 2.15. The number of allylic oxidation sites excluding steroid dienone is 1. The number of hydrogen-bond acceptors (Lipinski definition) is 6. The summed E-state index contributed by atoms with van der Waals surface area (Å²) in [7, 11) is 1.60. The highest BCUT2D eigenvalue weighted by Crippen LogP contribution is 2.10. The molecule has 10 heteroatoms. The van der Waals surface area contributed by atoms with Crippen molar-refractivity contribution in [3.8, 4) is 0 Å². The monoisotopic (exact) mass is 239 g/mol. The number of hydrogen-bond donors (Lipinski definition) is 3. The second-order valence-corrected chi connectivity index (χ2v) is 3.14. The number of carbonyl (C=O) groups excluding carboxylic acids is 1. The summed E-state index contributed by atoms with van der Waals surface area (Å²) in [5.74, 6) is 4.21. The van der Waals surface area contributed by atoms with Gasteiger partial charge < -0.3 is 17.3 Å². The van der Waals surface area contributed by atoms with Gasteiger partial charge in [-0.15, -0.1) is 5.10 Å². The minimum atomic E-state index is -0.741. The lowest BCUT2D eigenvalue weighted by molar-refractivity contribution is 0.0996. The first-order valence-electron chi connectivity index (χ1n) is 4.48. The third-order valence-electron chi connectivity index (χ3n) is 1.98. The number of aromatic nitrogens is 3. The lowest BCUT2D eigenvalue weighted by Gasteiger charge is -2.13. The summed E-state index contributed by atoms with van der Waals surface area (Å²) in [6.45, 7) is 3.90. The number of carbonyl (C=O) groups is 1. The summed E-state index contributed by atoms with van der Waals surface area (Å²) >= 11 is 0. The van der Waals surface area contributed by atoms with Crippen LogP contribution in [-0.2, 0) is 6.54 Å². The average molecular weight is 239 g/mol. The topological polar surface area (TPSA) is 154 Å². The fourth-order valence-electron chi connectivity index (χ4n) is 1.03. The molecule has 1 rings (SSSR count). The molecule has 0 bridgehead atoms. The van der Waals surface area contributed by atoms with Crippen molar-refractivity contribution in [3.63, 3.8) is 0 Å². The van der Waals surface area contributed by atoms with Gasteiger partial charge in [0.05, 0.1) is 12.2 Å². The fraction of sp³-hybridized carbons (Fsp3) is 0.286. The van der Waals surface area contributed by atoms with E-state index in [1.807, 2.05) is 0 Å². The van der Waals surface area contributed by atoms with Gasteiger partial charge >= 0.3 is 0 Å². The Balaban J connectivity index is 2.83. The van der Waals surface area contributed by atoms with Gasteiger partial charge in [0.15, 0.2) is 11.5 Å². The summed E-state index contributed by atoms with van der Waals surface area (Å²) in [6, 6.07) is 0. The number of anilines is 1. The van der Waals surface area contributed by atoms with Crippen molar-refractivity contribution in [2.45, 2.75) is 6.54 Å². The molecule has 0 aliphatic rings. The van der Waals surface area contributed by atoms with E-state index >= 15 is 0 Å². The molecule has 0 saturated carbocycles. The summed E-state index contributed by atoms with van der Waals surface area (Å²) in [5, 5.41) is 15.2.